The zero-order chi connectivity index (χ0) is 12.1. The van der Waals surface area contributed by atoms with Crippen LogP contribution in [0.3, 0.4) is 0 Å². The average Bonchev–Trinajstić information content (AvgIpc) is 2.26. The molecular formula is C14H17FO. The number of rotatable bonds is 5. The maximum atomic E-state index is 13.3. The van der Waals surface area contributed by atoms with Crippen molar-refractivity contribution in [3.63, 3.8) is 0 Å². The Kier molecular flexibility index (Phi) is 4.29. The van der Waals surface area contributed by atoms with Crippen molar-refractivity contribution in [2.45, 2.75) is 26.2 Å². The molecule has 86 valence electrons. The van der Waals surface area contributed by atoms with Crippen molar-refractivity contribution >= 4 is 11.3 Å². The maximum Gasteiger partial charge on any atom is 0.134 e. The van der Waals surface area contributed by atoms with Gasteiger partial charge >= 0.3 is 0 Å². The Labute approximate surface area is 95.9 Å². The molecule has 0 aliphatic rings. The van der Waals surface area contributed by atoms with Gasteiger partial charge in [0.1, 0.15) is 11.6 Å². The monoisotopic (exact) mass is 220 g/mol. The summed E-state index contributed by atoms with van der Waals surface area (Å²) in [7, 11) is 0. The first-order valence-electron chi connectivity index (χ1n) is 5.42. The molecule has 1 rings (SSSR count). The van der Waals surface area contributed by atoms with Crippen LogP contribution in [0.5, 0.6) is 0 Å². The zero-order valence-corrected chi connectivity index (χ0v) is 9.59. The lowest BCUT2D eigenvalue weighted by atomic mass is 9.99. The van der Waals surface area contributed by atoms with Crippen molar-refractivity contribution in [2.75, 3.05) is 0 Å². The highest BCUT2D eigenvalue weighted by atomic mass is 19.1. The minimum Gasteiger partial charge on any atom is -0.508 e. The molecule has 0 bridgehead atoms. The Hall–Kier alpha value is -1.57. The van der Waals surface area contributed by atoms with E-state index in [1.807, 2.05) is 0 Å². The van der Waals surface area contributed by atoms with Crippen molar-refractivity contribution in [3.8, 4) is 0 Å². The summed E-state index contributed by atoms with van der Waals surface area (Å²) >= 11 is 0. The van der Waals surface area contributed by atoms with Crippen LogP contribution in [-0.4, -0.2) is 5.11 Å². The SMILES string of the molecule is C=C(CCCC)c1ccc(F)c(C(=C)O)c1. The fourth-order valence-electron chi connectivity index (χ4n) is 1.50. The molecule has 0 aliphatic heterocycles. The Morgan fingerprint density at radius 2 is 2.06 bits per heavy atom. The van der Waals surface area contributed by atoms with Gasteiger partial charge in [-0.2, -0.15) is 0 Å². The van der Waals surface area contributed by atoms with Crippen LogP contribution in [0.4, 0.5) is 4.39 Å². The molecule has 0 heterocycles. The predicted molar refractivity (Wildman–Crippen MR) is 66.6 cm³/mol. The number of aliphatic hydroxyl groups is 1. The molecule has 1 aromatic carbocycles. The lowest BCUT2D eigenvalue weighted by Gasteiger charge is -2.08. The molecule has 0 unspecified atom stereocenters. The normalized spacial score (nSPS) is 10.1. The van der Waals surface area contributed by atoms with Gasteiger partial charge in [0.15, 0.2) is 0 Å². The molecule has 0 saturated heterocycles. The summed E-state index contributed by atoms with van der Waals surface area (Å²) in [5.74, 6) is -0.706. The minimum absolute atomic E-state index is 0.148. The first kappa shape index (κ1) is 12.5. The molecule has 16 heavy (non-hydrogen) atoms. The van der Waals surface area contributed by atoms with E-state index in [0.29, 0.717) is 0 Å². The maximum absolute atomic E-state index is 13.3. The number of aliphatic hydroxyl groups excluding tert-OH is 1. The highest BCUT2D eigenvalue weighted by Crippen LogP contribution is 2.23. The van der Waals surface area contributed by atoms with Gasteiger partial charge in [-0.3, -0.25) is 0 Å². The third-order valence-electron chi connectivity index (χ3n) is 2.52. The molecule has 0 aliphatic carbocycles. The number of hydrogen-bond donors (Lipinski definition) is 1. The lowest BCUT2D eigenvalue weighted by molar-refractivity contribution is 0.504. The van der Waals surface area contributed by atoms with Gasteiger partial charge in [0.05, 0.1) is 5.56 Å². The molecule has 0 radical (unpaired) electrons. The van der Waals surface area contributed by atoms with Gasteiger partial charge in [-0.15, -0.1) is 0 Å². The molecule has 1 aromatic rings. The topological polar surface area (TPSA) is 20.2 Å². The number of hydrogen-bond acceptors (Lipinski definition) is 1. The molecule has 0 fully saturated rings. The number of halogens is 1. The van der Waals surface area contributed by atoms with E-state index in [-0.39, 0.29) is 11.3 Å². The van der Waals surface area contributed by atoms with Crippen LogP contribution in [0, 0.1) is 5.82 Å². The molecule has 1 N–H and O–H groups in total. The second kappa shape index (κ2) is 5.50. The van der Waals surface area contributed by atoms with Gasteiger partial charge in [-0.1, -0.05) is 32.6 Å². The number of benzene rings is 1. The standard InChI is InChI=1S/C14H17FO/c1-4-5-6-10(2)12-7-8-14(15)13(9-12)11(3)16/h7-9,16H,2-6H2,1H3. The van der Waals surface area contributed by atoms with Crippen molar-refractivity contribution in [3.05, 3.63) is 48.3 Å². The van der Waals surface area contributed by atoms with Gasteiger partial charge < -0.3 is 5.11 Å². The summed E-state index contributed by atoms with van der Waals surface area (Å²) < 4.78 is 13.3. The van der Waals surface area contributed by atoms with Gasteiger partial charge in [-0.25, -0.2) is 4.39 Å². The summed E-state index contributed by atoms with van der Waals surface area (Å²) in [6, 6.07) is 4.61. The Bertz CT molecular complexity index is 407. The predicted octanol–water partition coefficient (Wildman–Crippen LogP) is 4.56. The van der Waals surface area contributed by atoms with Crippen molar-refractivity contribution < 1.29 is 9.50 Å². The van der Waals surface area contributed by atoms with E-state index in [9.17, 15) is 9.50 Å². The van der Waals surface area contributed by atoms with Crippen LogP contribution >= 0.6 is 0 Å². The van der Waals surface area contributed by atoms with Crippen LogP contribution in [-0.2, 0) is 0 Å². The molecule has 0 spiro atoms. The summed E-state index contributed by atoms with van der Waals surface area (Å²) in [4.78, 5) is 0. The largest absolute Gasteiger partial charge is 0.508 e. The van der Waals surface area contributed by atoms with Gasteiger partial charge in [0.25, 0.3) is 0 Å². The van der Waals surface area contributed by atoms with Crippen molar-refractivity contribution in [1.82, 2.24) is 0 Å². The summed E-state index contributed by atoms with van der Waals surface area (Å²) in [5.41, 5.74) is 1.97. The van der Waals surface area contributed by atoms with Gasteiger partial charge in [0.2, 0.25) is 0 Å². The van der Waals surface area contributed by atoms with E-state index in [0.717, 1.165) is 30.4 Å². The van der Waals surface area contributed by atoms with Crippen molar-refractivity contribution in [2.24, 2.45) is 0 Å². The lowest BCUT2D eigenvalue weighted by Crippen LogP contribution is -1.91. The van der Waals surface area contributed by atoms with Gasteiger partial charge in [0, 0.05) is 0 Å². The quantitative estimate of drug-likeness (QED) is 0.721. The molecule has 1 nitrogen and oxygen atoms in total. The number of allylic oxidation sites excluding steroid dienone is 1. The Balaban J connectivity index is 2.94. The molecule has 2 heteroatoms. The van der Waals surface area contributed by atoms with E-state index < -0.39 is 5.82 Å². The summed E-state index contributed by atoms with van der Waals surface area (Å²) in [5, 5.41) is 9.22. The first-order chi connectivity index (χ1) is 7.56. The molecular weight excluding hydrogens is 203 g/mol. The third kappa shape index (κ3) is 2.96. The minimum atomic E-state index is -0.459. The third-order valence-corrected chi connectivity index (χ3v) is 2.52. The smallest absolute Gasteiger partial charge is 0.134 e. The van der Waals surface area contributed by atoms with Crippen LogP contribution < -0.4 is 0 Å². The van der Waals surface area contributed by atoms with E-state index in [1.165, 1.54) is 6.07 Å². The van der Waals surface area contributed by atoms with Crippen molar-refractivity contribution in [1.29, 1.82) is 0 Å². The molecule has 0 atom stereocenters. The Morgan fingerprint density at radius 3 is 2.62 bits per heavy atom. The van der Waals surface area contributed by atoms with Crippen LogP contribution in [0.2, 0.25) is 0 Å². The summed E-state index contributed by atoms with van der Waals surface area (Å²) in [6.45, 7) is 9.40. The second-order valence-corrected chi connectivity index (χ2v) is 3.85. The van der Waals surface area contributed by atoms with Crippen LogP contribution in [0.1, 0.15) is 37.3 Å². The summed E-state index contributed by atoms with van der Waals surface area (Å²) in [6.07, 6.45) is 3.05. The highest BCUT2D eigenvalue weighted by molar-refractivity contribution is 5.68. The fraction of sp³-hybridized carbons (Fsp3) is 0.286. The zero-order valence-electron chi connectivity index (χ0n) is 9.59. The first-order valence-corrected chi connectivity index (χ1v) is 5.42. The average molecular weight is 220 g/mol. The van der Waals surface area contributed by atoms with Gasteiger partial charge in [-0.05, 0) is 36.1 Å². The van der Waals surface area contributed by atoms with Crippen LogP contribution in [0.15, 0.2) is 31.4 Å². The fourth-order valence-corrected chi connectivity index (χ4v) is 1.50. The second-order valence-electron chi connectivity index (χ2n) is 3.85. The van der Waals surface area contributed by atoms with E-state index in [2.05, 4.69) is 20.1 Å². The van der Waals surface area contributed by atoms with E-state index >= 15 is 0 Å². The Morgan fingerprint density at radius 1 is 1.38 bits per heavy atom. The van der Waals surface area contributed by atoms with E-state index in [1.54, 1.807) is 12.1 Å². The van der Waals surface area contributed by atoms with E-state index in [4.69, 9.17) is 0 Å². The van der Waals surface area contributed by atoms with Crippen LogP contribution in [0.25, 0.3) is 11.3 Å². The highest BCUT2D eigenvalue weighted by Gasteiger charge is 2.07. The number of unbranched alkanes of at least 4 members (excludes halogenated alkanes) is 1. The molecule has 0 amide bonds. The molecule has 0 aromatic heterocycles. The molecule has 0 saturated carbocycles.